The largest absolute Gasteiger partial charge is 0.496 e. The summed E-state index contributed by atoms with van der Waals surface area (Å²) in [6, 6.07) is 11.7. The van der Waals surface area contributed by atoms with E-state index in [1.807, 2.05) is 30.3 Å². The smallest absolute Gasteiger partial charge is 0.410 e. The second-order valence-corrected chi connectivity index (χ2v) is 11.7. The van der Waals surface area contributed by atoms with Gasteiger partial charge in [0.25, 0.3) is 5.91 Å². The van der Waals surface area contributed by atoms with Crippen molar-refractivity contribution in [2.45, 2.75) is 51.9 Å². The summed E-state index contributed by atoms with van der Waals surface area (Å²) in [6.45, 7) is 6.39. The second kappa shape index (κ2) is 11.9. The van der Waals surface area contributed by atoms with Crippen LogP contribution < -0.4 is 19.7 Å². The fourth-order valence-electron chi connectivity index (χ4n) is 4.48. The van der Waals surface area contributed by atoms with Gasteiger partial charge in [-0.2, -0.15) is 0 Å². The van der Waals surface area contributed by atoms with Crippen LogP contribution in [-0.4, -0.2) is 61.3 Å². The van der Waals surface area contributed by atoms with Crippen LogP contribution >= 0.6 is 15.9 Å². The van der Waals surface area contributed by atoms with Crippen LogP contribution in [0.2, 0.25) is 0 Å². The number of hydrogen-bond acceptors (Lipinski definition) is 6. The number of likely N-dealkylation sites (N-methyl/N-ethyl adjacent to an activating group) is 1. The van der Waals surface area contributed by atoms with Crippen LogP contribution in [0.25, 0.3) is 10.8 Å². The van der Waals surface area contributed by atoms with Gasteiger partial charge in [-0.3, -0.25) is 14.5 Å². The molecule has 3 amide bonds. The fourth-order valence-corrected chi connectivity index (χ4v) is 4.86. The van der Waals surface area contributed by atoms with E-state index < -0.39 is 41.4 Å². The SMILES string of the molecule is COc1ccc2cc(Br)ccc2c1CN1C(=O)[C@@H](NC(=O)[C@H](C)N(C)C(=O)OC(C)(C)C)COc2c(F)cccc21. The topological polar surface area (TPSA) is 97.4 Å². The fraction of sp³-hybridized carbons (Fsp3) is 0.367. The average molecular weight is 631 g/mol. The van der Waals surface area contributed by atoms with Gasteiger partial charge in [0.2, 0.25) is 5.91 Å². The highest BCUT2D eigenvalue weighted by Crippen LogP contribution is 2.38. The van der Waals surface area contributed by atoms with Gasteiger partial charge >= 0.3 is 6.09 Å². The zero-order valence-electron chi connectivity index (χ0n) is 23.8. The Morgan fingerprint density at radius 3 is 2.63 bits per heavy atom. The summed E-state index contributed by atoms with van der Waals surface area (Å²) in [7, 11) is 2.97. The highest BCUT2D eigenvalue weighted by Gasteiger charge is 2.36. The molecular weight excluding hydrogens is 597 g/mol. The monoisotopic (exact) mass is 629 g/mol. The van der Waals surface area contributed by atoms with Gasteiger partial charge in [0.15, 0.2) is 11.6 Å². The van der Waals surface area contributed by atoms with E-state index in [-0.39, 0.29) is 24.6 Å². The summed E-state index contributed by atoms with van der Waals surface area (Å²) in [4.78, 5) is 42.3. The minimum atomic E-state index is -1.17. The van der Waals surface area contributed by atoms with Crippen LogP contribution in [0.15, 0.2) is 53.0 Å². The zero-order chi connectivity index (χ0) is 30.1. The lowest BCUT2D eigenvalue weighted by Gasteiger charge is -2.30. The Labute approximate surface area is 246 Å². The molecule has 0 aliphatic carbocycles. The summed E-state index contributed by atoms with van der Waals surface area (Å²) in [5.41, 5.74) is 0.176. The molecule has 4 rings (SSSR count). The number of methoxy groups -OCH3 is 1. The third kappa shape index (κ3) is 6.56. The van der Waals surface area contributed by atoms with Crippen LogP contribution in [0.3, 0.4) is 0 Å². The molecule has 0 saturated heterocycles. The first kappa shape index (κ1) is 30.1. The molecule has 3 aromatic carbocycles. The van der Waals surface area contributed by atoms with Crippen molar-refractivity contribution in [3.63, 3.8) is 0 Å². The van der Waals surface area contributed by atoms with Crippen molar-refractivity contribution in [2.75, 3.05) is 25.7 Å². The molecule has 0 bridgehead atoms. The Morgan fingerprint density at radius 2 is 1.95 bits per heavy atom. The van der Waals surface area contributed by atoms with E-state index in [0.717, 1.165) is 20.1 Å². The molecule has 11 heteroatoms. The molecule has 2 atom stereocenters. The van der Waals surface area contributed by atoms with E-state index in [0.29, 0.717) is 11.3 Å². The first-order chi connectivity index (χ1) is 19.3. The molecule has 0 spiro atoms. The number of nitrogens with one attached hydrogen (secondary N) is 1. The van der Waals surface area contributed by atoms with E-state index in [1.54, 1.807) is 26.8 Å². The van der Waals surface area contributed by atoms with Crippen molar-refractivity contribution in [2.24, 2.45) is 0 Å². The molecular formula is C30H33BrFN3O6. The van der Waals surface area contributed by atoms with Gasteiger partial charge in [0.1, 0.15) is 30.0 Å². The lowest BCUT2D eigenvalue weighted by atomic mass is 10.0. The van der Waals surface area contributed by atoms with Gasteiger partial charge in [0.05, 0.1) is 19.3 Å². The molecule has 1 aliphatic rings. The lowest BCUT2D eigenvalue weighted by Crippen LogP contribution is -2.55. The molecule has 1 aliphatic heterocycles. The number of carbonyl (C=O) groups excluding carboxylic acids is 3. The van der Waals surface area contributed by atoms with Crippen molar-refractivity contribution in [3.05, 3.63) is 64.4 Å². The second-order valence-electron chi connectivity index (χ2n) is 10.8. The first-order valence-corrected chi connectivity index (χ1v) is 13.8. The van der Waals surface area contributed by atoms with Crippen LogP contribution in [0.4, 0.5) is 14.9 Å². The standard InChI is InChI=1S/C30H33BrFN3O6/c1-17(34(5)29(38)41-30(2,3)4)27(36)33-23-16-40-26-22(32)8-7-9-24(26)35(28(23)37)15-21-20-12-11-19(31)14-18(20)10-13-25(21)39-6/h7-14,17,23H,15-16H2,1-6H3,(H,33,36)/t17-,23-/m0/s1. The average Bonchev–Trinajstić information content (AvgIpc) is 3.04. The van der Waals surface area contributed by atoms with E-state index in [2.05, 4.69) is 21.2 Å². The van der Waals surface area contributed by atoms with Gasteiger partial charge in [-0.1, -0.05) is 34.1 Å². The van der Waals surface area contributed by atoms with Crippen LogP contribution in [0.5, 0.6) is 11.5 Å². The van der Waals surface area contributed by atoms with Crippen molar-refractivity contribution >= 4 is 50.3 Å². The zero-order valence-corrected chi connectivity index (χ0v) is 25.4. The van der Waals surface area contributed by atoms with Gasteiger partial charge in [-0.05, 0) is 68.8 Å². The maximum absolute atomic E-state index is 14.9. The molecule has 0 fully saturated rings. The predicted molar refractivity (Wildman–Crippen MR) is 157 cm³/mol. The molecule has 41 heavy (non-hydrogen) atoms. The number of rotatable bonds is 6. The number of benzene rings is 3. The van der Waals surface area contributed by atoms with Gasteiger partial charge in [-0.25, -0.2) is 9.18 Å². The summed E-state index contributed by atoms with van der Waals surface area (Å²) in [5.74, 6) is -1.30. The van der Waals surface area contributed by atoms with Crippen molar-refractivity contribution in [1.82, 2.24) is 10.2 Å². The first-order valence-electron chi connectivity index (χ1n) is 13.0. The molecule has 1 N–H and O–H groups in total. The van der Waals surface area contributed by atoms with Crippen molar-refractivity contribution < 1.29 is 33.0 Å². The van der Waals surface area contributed by atoms with Crippen molar-refractivity contribution in [1.29, 1.82) is 0 Å². The lowest BCUT2D eigenvalue weighted by molar-refractivity contribution is -0.130. The number of para-hydroxylation sites is 1. The Bertz CT molecular complexity index is 1490. The van der Waals surface area contributed by atoms with E-state index in [1.165, 1.54) is 38.1 Å². The summed E-state index contributed by atoms with van der Waals surface area (Å²) < 4.78 is 32.6. The molecule has 0 aromatic heterocycles. The minimum absolute atomic E-state index is 0.0144. The summed E-state index contributed by atoms with van der Waals surface area (Å²) in [6.07, 6.45) is -0.686. The Hall–Kier alpha value is -3.86. The highest BCUT2D eigenvalue weighted by molar-refractivity contribution is 9.10. The number of anilines is 1. The number of hydrogen-bond donors (Lipinski definition) is 1. The number of halogens is 2. The number of carbonyl (C=O) groups is 3. The van der Waals surface area contributed by atoms with Crippen molar-refractivity contribution in [3.8, 4) is 11.5 Å². The molecule has 0 radical (unpaired) electrons. The Morgan fingerprint density at radius 1 is 1.22 bits per heavy atom. The minimum Gasteiger partial charge on any atom is -0.496 e. The summed E-state index contributed by atoms with van der Waals surface area (Å²) in [5, 5.41) is 4.44. The molecule has 218 valence electrons. The third-order valence-corrected chi connectivity index (χ3v) is 7.23. The molecule has 9 nitrogen and oxygen atoms in total. The van der Waals surface area contributed by atoms with Gasteiger partial charge in [0, 0.05) is 17.1 Å². The number of ether oxygens (including phenoxy) is 3. The van der Waals surface area contributed by atoms with Crippen LogP contribution in [-0.2, 0) is 20.9 Å². The van der Waals surface area contributed by atoms with Gasteiger partial charge < -0.3 is 24.4 Å². The molecule has 0 unspecified atom stereocenters. The van der Waals surface area contributed by atoms with E-state index in [9.17, 15) is 18.8 Å². The number of nitrogens with zero attached hydrogens (tertiary/aromatic N) is 2. The predicted octanol–water partition coefficient (Wildman–Crippen LogP) is 5.42. The summed E-state index contributed by atoms with van der Waals surface area (Å²) >= 11 is 3.49. The Balaban J connectivity index is 1.68. The number of amides is 3. The van der Waals surface area contributed by atoms with Crippen LogP contribution in [0, 0.1) is 5.82 Å². The highest BCUT2D eigenvalue weighted by atomic mass is 79.9. The maximum Gasteiger partial charge on any atom is 0.410 e. The van der Waals surface area contributed by atoms with E-state index in [4.69, 9.17) is 14.2 Å². The third-order valence-electron chi connectivity index (χ3n) is 6.74. The molecule has 0 saturated carbocycles. The quantitative estimate of drug-likeness (QED) is 0.391. The molecule has 1 heterocycles. The molecule has 3 aromatic rings. The van der Waals surface area contributed by atoms with Crippen LogP contribution in [0.1, 0.15) is 33.3 Å². The van der Waals surface area contributed by atoms with E-state index >= 15 is 0 Å². The normalized spacial score (nSPS) is 15.9. The Kier molecular flexibility index (Phi) is 8.77. The maximum atomic E-state index is 14.9. The number of fused-ring (bicyclic) bond motifs is 2. The van der Waals surface area contributed by atoms with Gasteiger partial charge in [-0.15, -0.1) is 0 Å².